The summed E-state index contributed by atoms with van der Waals surface area (Å²) in [4.78, 5) is 13.6. The molecule has 0 atom stereocenters. The number of amides is 1. The third kappa shape index (κ3) is 2.93. The molecule has 0 bridgehead atoms. The fourth-order valence-electron chi connectivity index (χ4n) is 1.68. The Morgan fingerprint density at radius 2 is 2.33 bits per heavy atom. The van der Waals surface area contributed by atoms with Gasteiger partial charge in [0.2, 0.25) is 5.91 Å². The van der Waals surface area contributed by atoms with Crippen LogP contribution in [-0.4, -0.2) is 30.4 Å². The maximum atomic E-state index is 11.8. The molecule has 1 N–H and O–H groups in total. The van der Waals surface area contributed by atoms with Gasteiger partial charge >= 0.3 is 0 Å². The number of benzene rings is 1. The minimum atomic E-state index is 0.0676. The van der Waals surface area contributed by atoms with Gasteiger partial charge in [-0.2, -0.15) is 5.26 Å². The topological polar surface area (TPSA) is 56.1 Å². The molecule has 1 amide bonds. The number of nitriles is 1. The molecule has 1 saturated carbocycles. The van der Waals surface area contributed by atoms with E-state index in [1.54, 1.807) is 23.1 Å². The van der Waals surface area contributed by atoms with E-state index in [0.29, 0.717) is 16.6 Å². The summed E-state index contributed by atoms with van der Waals surface area (Å²) < 4.78 is 0. The summed E-state index contributed by atoms with van der Waals surface area (Å²) in [7, 11) is 1.83. The van der Waals surface area contributed by atoms with E-state index in [1.165, 1.54) is 0 Å². The van der Waals surface area contributed by atoms with Crippen molar-refractivity contribution in [2.45, 2.75) is 18.9 Å². The lowest BCUT2D eigenvalue weighted by molar-refractivity contribution is -0.128. The zero-order chi connectivity index (χ0) is 13.1. The van der Waals surface area contributed by atoms with Crippen LogP contribution in [0.1, 0.15) is 18.4 Å². The van der Waals surface area contributed by atoms with Crippen LogP contribution in [0.2, 0.25) is 5.02 Å². The Morgan fingerprint density at radius 1 is 1.61 bits per heavy atom. The third-order valence-corrected chi connectivity index (χ3v) is 3.33. The fraction of sp³-hybridized carbons (Fsp3) is 0.385. The molecule has 2 rings (SSSR count). The molecule has 0 spiro atoms. The highest BCUT2D eigenvalue weighted by atomic mass is 35.5. The Hall–Kier alpha value is -1.73. The van der Waals surface area contributed by atoms with Crippen molar-refractivity contribution in [1.82, 2.24) is 4.90 Å². The minimum Gasteiger partial charge on any atom is -0.376 e. The first-order valence-corrected chi connectivity index (χ1v) is 6.19. The lowest BCUT2D eigenvalue weighted by atomic mass is 10.2. The van der Waals surface area contributed by atoms with Crippen molar-refractivity contribution in [2.24, 2.45) is 0 Å². The Bertz CT molecular complexity index is 505. The largest absolute Gasteiger partial charge is 0.376 e. The Labute approximate surface area is 111 Å². The number of anilines is 1. The second-order valence-corrected chi connectivity index (χ2v) is 4.80. The maximum Gasteiger partial charge on any atom is 0.241 e. The number of hydrogen-bond donors (Lipinski definition) is 1. The van der Waals surface area contributed by atoms with E-state index in [-0.39, 0.29) is 12.5 Å². The predicted octanol–water partition coefficient (Wildman–Crippen LogP) is 2.24. The van der Waals surface area contributed by atoms with Crippen molar-refractivity contribution >= 4 is 23.2 Å². The van der Waals surface area contributed by atoms with E-state index < -0.39 is 0 Å². The molecular weight excluding hydrogens is 250 g/mol. The van der Waals surface area contributed by atoms with E-state index in [1.807, 2.05) is 13.1 Å². The van der Waals surface area contributed by atoms with Crippen molar-refractivity contribution in [1.29, 1.82) is 5.26 Å². The van der Waals surface area contributed by atoms with E-state index in [2.05, 4.69) is 5.32 Å². The Balaban J connectivity index is 1.92. The van der Waals surface area contributed by atoms with Gasteiger partial charge in [-0.05, 0) is 31.0 Å². The third-order valence-electron chi connectivity index (χ3n) is 3.02. The standard InChI is InChI=1S/C13H14ClN3O/c1-17(11-4-5-11)13(18)8-16-10-3-2-9(7-15)12(14)6-10/h2-3,6,11,16H,4-5,8H2,1H3. The van der Waals surface area contributed by atoms with Crippen LogP contribution in [-0.2, 0) is 4.79 Å². The van der Waals surface area contributed by atoms with Crippen molar-refractivity contribution in [3.63, 3.8) is 0 Å². The zero-order valence-corrected chi connectivity index (χ0v) is 10.9. The summed E-state index contributed by atoms with van der Waals surface area (Å²) in [6.45, 7) is 0.245. The molecule has 0 radical (unpaired) electrons. The highest BCUT2D eigenvalue weighted by Crippen LogP contribution is 2.25. The predicted molar refractivity (Wildman–Crippen MR) is 70.4 cm³/mol. The molecule has 1 aromatic rings. The van der Waals surface area contributed by atoms with Gasteiger partial charge in [-0.3, -0.25) is 4.79 Å². The van der Waals surface area contributed by atoms with Crippen LogP contribution in [0.25, 0.3) is 0 Å². The number of hydrogen-bond acceptors (Lipinski definition) is 3. The van der Waals surface area contributed by atoms with Gasteiger partial charge in [0, 0.05) is 18.8 Å². The van der Waals surface area contributed by atoms with Crippen LogP contribution < -0.4 is 5.32 Å². The number of carbonyl (C=O) groups is 1. The van der Waals surface area contributed by atoms with Crippen LogP contribution in [0.3, 0.4) is 0 Å². The molecule has 0 aromatic heterocycles. The molecule has 18 heavy (non-hydrogen) atoms. The summed E-state index contributed by atoms with van der Waals surface area (Å²) in [6, 6.07) is 7.45. The molecule has 1 fully saturated rings. The number of carbonyl (C=O) groups excluding carboxylic acids is 1. The highest BCUT2D eigenvalue weighted by molar-refractivity contribution is 6.32. The second-order valence-electron chi connectivity index (χ2n) is 4.40. The molecule has 1 aliphatic rings. The van der Waals surface area contributed by atoms with Crippen LogP contribution >= 0.6 is 11.6 Å². The van der Waals surface area contributed by atoms with Gasteiger partial charge in [0.1, 0.15) is 6.07 Å². The van der Waals surface area contributed by atoms with Gasteiger partial charge in [0.15, 0.2) is 0 Å². The molecule has 1 aromatic carbocycles. The lowest BCUT2D eigenvalue weighted by Gasteiger charge is -2.17. The van der Waals surface area contributed by atoms with Crippen molar-refractivity contribution < 1.29 is 4.79 Å². The van der Waals surface area contributed by atoms with Gasteiger partial charge in [-0.1, -0.05) is 11.6 Å². The summed E-state index contributed by atoms with van der Waals surface area (Å²) in [5, 5.41) is 12.2. The zero-order valence-electron chi connectivity index (χ0n) is 10.1. The first-order valence-electron chi connectivity index (χ1n) is 5.81. The van der Waals surface area contributed by atoms with E-state index in [9.17, 15) is 4.79 Å². The number of halogens is 1. The number of nitrogens with one attached hydrogen (secondary N) is 1. The van der Waals surface area contributed by atoms with Crippen molar-refractivity contribution in [3.8, 4) is 6.07 Å². The SMILES string of the molecule is CN(C(=O)CNc1ccc(C#N)c(Cl)c1)C1CC1. The van der Waals surface area contributed by atoms with E-state index in [0.717, 1.165) is 18.5 Å². The molecule has 0 unspecified atom stereocenters. The molecule has 5 heteroatoms. The second kappa shape index (κ2) is 5.28. The Morgan fingerprint density at radius 3 is 2.89 bits per heavy atom. The molecular formula is C13H14ClN3O. The summed E-state index contributed by atoms with van der Waals surface area (Å²) in [5.74, 6) is 0.0676. The highest BCUT2D eigenvalue weighted by Gasteiger charge is 2.29. The summed E-state index contributed by atoms with van der Waals surface area (Å²) in [6.07, 6.45) is 2.20. The van der Waals surface area contributed by atoms with Gasteiger partial charge in [-0.15, -0.1) is 0 Å². The van der Waals surface area contributed by atoms with Crippen molar-refractivity contribution in [2.75, 3.05) is 18.9 Å². The van der Waals surface area contributed by atoms with Gasteiger partial charge < -0.3 is 10.2 Å². The lowest BCUT2D eigenvalue weighted by Crippen LogP contribution is -2.33. The monoisotopic (exact) mass is 263 g/mol. The molecule has 1 aliphatic carbocycles. The molecule has 0 saturated heterocycles. The molecule has 0 heterocycles. The Kier molecular flexibility index (Phi) is 3.73. The first-order chi connectivity index (χ1) is 8.61. The van der Waals surface area contributed by atoms with E-state index >= 15 is 0 Å². The molecule has 4 nitrogen and oxygen atoms in total. The maximum absolute atomic E-state index is 11.8. The average Bonchev–Trinajstić information content (AvgIpc) is 3.19. The van der Waals surface area contributed by atoms with Crippen LogP contribution in [0.15, 0.2) is 18.2 Å². The van der Waals surface area contributed by atoms with Crippen molar-refractivity contribution in [3.05, 3.63) is 28.8 Å². The van der Waals surface area contributed by atoms with E-state index in [4.69, 9.17) is 16.9 Å². The first kappa shape index (κ1) is 12.7. The number of likely N-dealkylation sites (N-methyl/N-ethyl adjacent to an activating group) is 1. The van der Waals surface area contributed by atoms with Gasteiger partial charge in [0.25, 0.3) is 0 Å². The average molecular weight is 264 g/mol. The number of rotatable bonds is 4. The fourth-order valence-corrected chi connectivity index (χ4v) is 1.91. The smallest absolute Gasteiger partial charge is 0.241 e. The van der Waals surface area contributed by atoms with Gasteiger partial charge in [0.05, 0.1) is 17.1 Å². The molecule has 0 aliphatic heterocycles. The normalized spacial score (nSPS) is 13.8. The summed E-state index contributed by atoms with van der Waals surface area (Å²) in [5.41, 5.74) is 1.18. The number of nitrogens with zero attached hydrogens (tertiary/aromatic N) is 2. The minimum absolute atomic E-state index is 0.0676. The quantitative estimate of drug-likeness (QED) is 0.906. The molecule has 94 valence electrons. The van der Waals surface area contributed by atoms with Crippen LogP contribution in [0.5, 0.6) is 0 Å². The van der Waals surface area contributed by atoms with Crippen LogP contribution in [0.4, 0.5) is 5.69 Å². The van der Waals surface area contributed by atoms with Gasteiger partial charge in [-0.25, -0.2) is 0 Å². The summed E-state index contributed by atoms with van der Waals surface area (Å²) >= 11 is 5.91. The van der Waals surface area contributed by atoms with Crippen LogP contribution in [0, 0.1) is 11.3 Å².